The summed E-state index contributed by atoms with van der Waals surface area (Å²) >= 11 is 0. The highest BCUT2D eigenvalue weighted by Gasteiger charge is 2.23. The molecule has 2 aliphatic rings. The van der Waals surface area contributed by atoms with E-state index in [9.17, 15) is 0 Å². The second-order valence-corrected chi connectivity index (χ2v) is 8.17. The van der Waals surface area contributed by atoms with Gasteiger partial charge < -0.3 is 16.5 Å². The van der Waals surface area contributed by atoms with E-state index in [-0.39, 0.29) is 6.04 Å². The number of benzene rings is 2. The van der Waals surface area contributed by atoms with Crippen LogP contribution in [0.4, 0.5) is 11.4 Å². The van der Waals surface area contributed by atoms with Crippen molar-refractivity contribution >= 4 is 17.1 Å². The highest BCUT2D eigenvalue weighted by molar-refractivity contribution is 6.04. The molecule has 0 aromatic heterocycles. The number of nitrogens with one attached hydrogen (secondary N) is 2. The molecule has 2 aliphatic carbocycles. The molecule has 2 aromatic rings. The minimum absolute atomic E-state index is 0.233. The third kappa shape index (κ3) is 3.75. The van der Waals surface area contributed by atoms with Crippen molar-refractivity contribution in [1.82, 2.24) is 0 Å². The standard InChI is InChI=1S/C24H28N4/c25-15-16-9-11-20-18(13-16)7-4-8-23(20)28-19-10-12-22(26)21(14-19)24(27)17-5-2-1-3-6-17/h9-14,17,23,27-28H,1-8,26H2. The summed E-state index contributed by atoms with van der Waals surface area (Å²) < 4.78 is 0. The van der Waals surface area contributed by atoms with Gasteiger partial charge in [0.05, 0.1) is 17.7 Å². The molecule has 0 heterocycles. The van der Waals surface area contributed by atoms with Crippen molar-refractivity contribution in [1.29, 1.82) is 10.7 Å². The van der Waals surface area contributed by atoms with Gasteiger partial charge in [0.2, 0.25) is 0 Å². The van der Waals surface area contributed by atoms with Crippen LogP contribution in [-0.4, -0.2) is 5.71 Å². The molecule has 28 heavy (non-hydrogen) atoms. The SMILES string of the molecule is N#Cc1ccc2c(c1)CCCC2Nc1ccc(N)c(C(=N)C2CCCCC2)c1. The molecule has 4 rings (SSSR count). The first-order valence-electron chi connectivity index (χ1n) is 10.4. The lowest BCUT2D eigenvalue weighted by molar-refractivity contribution is 0.439. The molecule has 1 atom stereocenters. The van der Waals surface area contributed by atoms with Crippen LogP contribution in [0.3, 0.4) is 0 Å². The molecular weight excluding hydrogens is 344 g/mol. The summed E-state index contributed by atoms with van der Waals surface area (Å²) in [4.78, 5) is 0. The predicted molar refractivity (Wildman–Crippen MR) is 115 cm³/mol. The number of anilines is 2. The van der Waals surface area contributed by atoms with Crippen molar-refractivity contribution in [2.24, 2.45) is 5.92 Å². The molecular formula is C24H28N4. The fraction of sp³-hybridized carbons (Fsp3) is 0.417. The van der Waals surface area contributed by atoms with Gasteiger partial charge in [0.25, 0.3) is 0 Å². The highest BCUT2D eigenvalue weighted by atomic mass is 14.9. The maximum absolute atomic E-state index is 9.16. The topological polar surface area (TPSA) is 85.7 Å². The Morgan fingerprint density at radius 3 is 2.64 bits per heavy atom. The molecule has 0 aliphatic heterocycles. The van der Waals surface area contributed by atoms with Crippen LogP contribution in [0, 0.1) is 22.7 Å². The van der Waals surface area contributed by atoms with Crippen LogP contribution in [0.15, 0.2) is 36.4 Å². The Labute approximate surface area is 167 Å². The Morgan fingerprint density at radius 1 is 1.04 bits per heavy atom. The molecule has 2 aromatic carbocycles. The second-order valence-electron chi connectivity index (χ2n) is 8.17. The fourth-order valence-electron chi connectivity index (χ4n) is 4.73. The van der Waals surface area contributed by atoms with Crippen molar-refractivity contribution in [3.63, 3.8) is 0 Å². The van der Waals surface area contributed by atoms with Crippen LogP contribution in [0.5, 0.6) is 0 Å². The maximum atomic E-state index is 9.16. The molecule has 0 bridgehead atoms. The van der Waals surface area contributed by atoms with E-state index in [0.717, 1.165) is 48.9 Å². The molecule has 4 N–H and O–H groups in total. The lowest BCUT2D eigenvalue weighted by Crippen LogP contribution is -2.20. The molecule has 4 nitrogen and oxygen atoms in total. The first kappa shape index (κ1) is 18.6. The van der Waals surface area contributed by atoms with E-state index >= 15 is 0 Å². The number of rotatable bonds is 4. The molecule has 144 valence electrons. The first-order chi connectivity index (χ1) is 13.7. The average Bonchev–Trinajstić information content (AvgIpc) is 2.75. The first-order valence-corrected chi connectivity index (χ1v) is 10.4. The smallest absolute Gasteiger partial charge is 0.0991 e. The minimum Gasteiger partial charge on any atom is -0.398 e. The van der Waals surface area contributed by atoms with Crippen molar-refractivity contribution in [2.45, 2.75) is 57.4 Å². The van der Waals surface area contributed by atoms with Crippen LogP contribution < -0.4 is 11.1 Å². The van der Waals surface area contributed by atoms with Crippen molar-refractivity contribution < 1.29 is 0 Å². The molecule has 1 saturated carbocycles. The van der Waals surface area contributed by atoms with Crippen LogP contribution in [0.1, 0.15) is 73.2 Å². The highest BCUT2D eigenvalue weighted by Crippen LogP contribution is 2.35. The molecule has 0 saturated heterocycles. The van der Waals surface area contributed by atoms with E-state index < -0.39 is 0 Å². The van der Waals surface area contributed by atoms with Gasteiger partial charge in [-0.3, -0.25) is 0 Å². The van der Waals surface area contributed by atoms with E-state index in [1.807, 2.05) is 24.3 Å². The van der Waals surface area contributed by atoms with Gasteiger partial charge in [-0.2, -0.15) is 5.26 Å². The van der Waals surface area contributed by atoms with Crippen LogP contribution in [0.25, 0.3) is 0 Å². The number of nitrogens with two attached hydrogens (primary N) is 1. The molecule has 0 radical (unpaired) electrons. The quantitative estimate of drug-likeness (QED) is 0.484. The number of fused-ring (bicyclic) bond motifs is 1. The van der Waals surface area contributed by atoms with Gasteiger partial charge >= 0.3 is 0 Å². The molecule has 4 heteroatoms. The molecule has 0 amide bonds. The summed E-state index contributed by atoms with van der Waals surface area (Å²) in [6.45, 7) is 0. The van der Waals surface area contributed by atoms with Gasteiger partial charge in [-0.1, -0.05) is 25.3 Å². The molecule has 1 fully saturated rings. The van der Waals surface area contributed by atoms with Gasteiger partial charge in [0.1, 0.15) is 0 Å². The average molecular weight is 373 g/mol. The second kappa shape index (κ2) is 8.06. The summed E-state index contributed by atoms with van der Waals surface area (Å²) in [7, 11) is 0. The fourth-order valence-corrected chi connectivity index (χ4v) is 4.73. The van der Waals surface area contributed by atoms with E-state index in [0.29, 0.717) is 17.3 Å². The number of aryl methyl sites for hydroxylation is 1. The van der Waals surface area contributed by atoms with Gasteiger partial charge in [-0.15, -0.1) is 0 Å². The maximum Gasteiger partial charge on any atom is 0.0991 e. The Bertz CT molecular complexity index is 919. The van der Waals surface area contributed by atoms with Crippen molar-refractivity contribution in [3.05, 3.63) is 58.7 Å². The number of nitrogen functional groups attached to an aromatic ring is 1. The Balaban J connectivity index is 1.56. The van der Waals surface area contributed by atoms with Gasteiger partial charge in [-0.05, 0) is 73.6 Å². The van der Waals surface area contributed by atoms with Gasteiger partial charge in [-0.25, -0.2) is 0 Å². The molecule has 0 spiro atoms. The Hall–Kier alpha value is -2.80. The number of nitrogens with zero attached hydrogens (tertiary/aromatic N) is 1. The van der Waals surface area contributed by atoms with Crippen LogP contribution >= 0.6 is 0 Å². The van der Waals surface area contributed by atoms with E-state index in [1.165, 1.54) is 30.4 Å². The predicted octanol–water partition coefficient (Wildman–Crippen LogP) is 5.58. The number of nitriles is 1. The Morgan fingerprint density at radius 2 is 1.86 bits per heavy atom. The zero-order chi connectivity index (χ0) is 19.5. The third-order valence-electron chi connectivity index (χ3n) is 6.28. The third-order valence-corrected chi connectivity index (χ3v) is 6.28. The zero-order valence-electron chi connectivity index (χ0n) is 16.3. The minimum atomic E-state index is 0.233. The summed E-state index contributed by atoms with van der Waals surface area (Å²) in [5.41, 5.74) is 12.8. The monoisotopic (exact) mass is 372 g/mol. The van der Waals surface area contributed by atoms with E-state index in [4.69, 9.17) is 16.4 Å². The summed E-state index contributed by atoms with van der Waals surface area (Å²) in [6.07, 6.45) is 9.14. The Kier molecular flexibility index (Phi) is 5.34. The summed E-state index contributed by atoms with van der Waals surface area (Å²) in [5.74, 6) is 0.339. The normalized spacial score (nSPS) is 19.5. The van der Waals surface area contributed by atoms with E-state index in [2.05, 4.69) is 23.5 Å². The van der Waals surface area contributed by atoms with Crippen molar-refractivity contribution in [2.75, 3.05) is 11.1 Å². The number of hydrogen-bond donors (Lipinski definition) is 3. The van der Waals surface area contributed by atoms with Gasteiger partial charge in [0, 0.05) is 28.6 Å². The zero-order valence-corrected chi connectivity index (χ0v) is 16.3. The molecule has 1 unspecified atom stereocenters. The van der Waals surface area contributed by atoms with E-state index in [1.54, 1.807) is 0 Å². The summed E-state index contributed by atoms with van der Waals surface area (Å²) in [6, 6.07) is 14.5. The summed E-state index contributed by atoms with van der Waals surface area (Å²) in [5, 5.41) is 21.5. The number of hydrogen-bond acceptors (Lipinski definition) is 4. The van der Waals surface area contributed by atoms with Crippen molar-refractivity contribution in [3.8, 4) is 6.07 Å². The van der Waals surface area contributed by atoms with Crippen LogP contribution in [0.2, 0.25) is 0 Å². The lowest BCUT2D eigenvalue weighted by Gasteiger charge is -2.28. The van der Waals surface area contributed by atoms with Gasteiger partial charge in [0.15, 0.2) is 0 Å². The lowest BCUT2D eigenvalue weighted by atomic mass is 9.83. The van der Waals surface area contributed by atoms with Crippen LogP contribution in [-0.2, 0) is 6.42 Å². The largest absolute Gasteiger partial charge is 0.398 e.